The van der Waals surface area contributed by atoms with Crippen LogP contribution >= 0.6 is 11.8 Å². The van der Waals surface area contributed by atoms with Crippen LogP contribution in [0.3, 0.4) is 0 Å². The molecule has 0 aliphatic carbocycles. The first-order valence-corrected chi connectivity index (χ1v) is 10.5. The first kappa shape index (κ1) is 19.9. The molecule has 1 aliphatic rings. The molecule has 0 radical (unpaired) electrons. The minimum atomic E-state index is -0.0336. The molecule has 1 saturated heterocycles. The van der Waals surface area contributed by atoms with Crippen molar-refractivity contribution in [3.8, 4) is 0 Å². The Labute approximate surface area is 165 Å². The molecule has 4 nitrogen and oxygen atoms in total. The highest BCUT2D eigenvalue weighted by molar-refractivity contribution is 7.98. The molecule has 1 amide bonds. The van der Waals surface area contributed by atoms with Gasteiger partial charge in [0.05, 0.1) is 12.7 Å². The van der Waals surface area contributed by atoms with Crippen molar-refractivity contribution in [2.45, 2.75) is 36.0 Å². The van der Waals surface area contributed by atoms with E-state index in [9.17, 15) is 4.79 Å². The second-order valence-corrected chi connectivity index (χ2v) is 7.67. The zero-order valence-electron chi connectivity index (χ0n) is 15.6. The molecular weight excluding hydrogens is 358 g/mol. The first-order valence-electron chi connectivity index (χ1n) is 9.55. The lowest BCUT2D eigenvalue weighted by Gasteiger charge is -2.10. The number of hydrogen-bond acceptors (Lipinski definition) is 4. The summed E-state index contributed by atoms with van der Waals surface area (Å²) in [6.07, 6.45) is 3.30. The predicted molar refractivity (Wildman–Crippen MR) is 109 cm³/mol. The normalized spacial score (nSPS) is 16.4. The van der Waals surface area contributed by atoms with Gasteiger partial charge >= 0.3 is 0 Å². The third-order valence-corrected chi connectivity index (χ3v) is 5.53. The average Bonchev–Trinajstić information content (AvgIpc) is 3.23. The van der Waals surface area contributed by atoms with Crippen LogP contribution < -0.4 is 5.32 Å². The van der Waals surface area contributed by atoms with E-state index in [4.69, 9.17) is 9.47 Å². The van der Waals surface area contributed by atoms with Crippen molar-refractivity contribution < 1.29 is 14.3 Å². The monoisotopic (exact) mass is 385 g/mol. The number of carbonyl (C=O) groups excluding carboxylic acids is 1. The van der Waals surface area contributed by atoms with Gasteiger partial charge in [0.25, 0.3) is 5.91 Å². The minimum absolute atomic E-state index is 0.0336. The Balaban J connectivity index is 1.31. The molecule has 1 unspecified atom stereocenters. The van der Waals surface area contributed by atoms with Crippen LogP contribution in [-0.4, -0.2) is 38.4 Å². The Hall–Kier alpha value is -1.82. The highest BCUT2D eigenvalue weighted by Gasteiger charge is 2.14. The number of rotatable bonds is 10. The molecule has 1 N–H and O–H groups in total. The Morgan fingerprint density at radius 2 is 1.96 bits per heavy atom. The van der Waals surface area contributed by atoms with E-state index in [1.165, 1.54) is 5.56 Å². The third-order valence-electron chi connectivity index (χ3n) is 4.44. The second kappa shape index (κ2) is 11.1. The second-order valence-electron chi connectivity index (χ2n) is 6.62. The third kappa shape index (κ3) is 7.01. The average molecular weight is 386 g/mol. The van der Waals surface area contributed by atoms with E-state index >= 15 is 0 Å². The van der Waals surface area contributed by atoms with Crippen LogP contribution in [0.5, 0.6) is 0 Å². The Bertz CT molecular complexity index is 684. The molecule has 3 rings (SSSR count). The van der Waals surface area contributed by atoms with Gasteiger partial charge in [-0.25, -0.2) is 0 Å². The SMILES string of the molecule is O=C(NCCCOCC1CCCO1)c1ccc(SCc2ccccc2)cc1. The molecule has 1 aliphatic heterocycles. The number of thioether (sulfide) groups is 1. The summed E-state index contributed by atoms with van der Waals surface area (Å²) in [4.78, 5) is 13.4. The van der Waals surface area contributed by atoms with Crippen molar-refractivity contribution in [3.05, 3.63) is 65.7 Å². The molecule has 5 heteroatoms. The zero-order chi connectivity index (χ0) is 18.7. The number of ether oxygens (including phenoxy) is 2. The number of amides is 1. The van der Waals surface area contributed by atoms with Crippen LogP contribution in [0.4, 0.5) is 0 Å². The van der Waals surface area contributed by atoms with E-state index < -0.39 is 0 Å². The number of nitrogens with one attached hydrogen (secondary N) is 1. The van der Waals surface area contributed by atoms with Gasteiger partial charge in [0.15, 0.2) is 0 Å². The Morgan fingerprint density at radius 3 is 2.70 bits per heavy atom. The van der Waals surface area contributed by atoms with Gasteiger partial charge < -0.3 is 14.8 Å². The van der Waals surface area contributed by atoms with Gasteiger partial charge in [-0.1, -0.05) is 30.3 Å². The topological polar surface area (TPSA) is 47.6 Å². The van der Waals surface area contributed by atoms with E-state index in [0.717, 1.165) is 36.5 Å². The molecule has 144 valence electrons. The maximum absolute atomic E-state index is 12.2. The molecule has 1 fully saturated rings. The fraction of sp³-hybridized carbons (Fsp3) is 0.409. The number of hydrogen-bond donors (Lipinski definition) is 1. The largest absolute Gasteiger partial charge is 0.379 e. The molecular formula is C22H27NO3S. The molecule has 0 spiro atoms. The van der Waals surface area contributed by atoms with Crippen molar-refractivity contribution in [2.24, 2.45) is 0 Å². The van der Waals surface area contributed by atoms with Crippen LogP contribution in [0.2, 0.25) is 0 Å². The number of benzene rings is 2. The van der Waals surface area contributed by atoms with Gasteiger partial charge in [0.2, 0.25) is 0 Å². The first-order chi connectivity index (χ1) is 13.3. The molecule has 2 aromatic rings. The van der Waals surface area contributed by atoms with Crippen LogP contribution in [0, 0.1) is 0 Å². The van der Waals surface area contributed by atoms with Crippen LogP contribution in [-0.2, 0) is 15.2 Å². The van der Waals surface area contributed by atoms with Crippen molar-refractivity contribution >= 4 is 17.7 Å². The summed E-state index contributed by atoms with van der Waals surface area (Å²) in [5, 5.41) is 2.95. The highest BCUT2D eigenvalue weighted by Crippen LogP contribution is 2.23. The van der Waals surface area contributed by atoms with Gasteiger partial charge in [-0.3, -0.25) is 4.79 Å². The Kier molecular flexibility index (Phi) is 8.21. The molecule has 27 heavy (non-hydrogen) atoms. The summed E-state index contributed by atoms with van der Waals surface area (Å²) in [5.74, 6) is 0.895. The van der Waals surface area contributed by atoms with Gasteiger partial charge in [0.1, 0.15) is 0 Å². The standard InChI is InChI=1S/C22H27NO3S/c24-22(23-13-5-14-25-16-20-8-4-15-26-20)19-9-11-21(12-10-19)27-17-18-6-2-1-3-7-18/h1-3,6-7,9-12,20H,4-5,8,13-17H2,(H,23,24). The minimum Gasteiger partial charge on any atom is -0.379 e. The van der Waals surface area contributed by atoms with Crippen molar-refractivity contribution in [3.63, 3.8) is 0 Å². The van der Waals surface area contributed by atoms with Gasteiger partial charge in [-0.05, 0) is 49.1 Å². The van der Waals surface area contributed by atoms with E-state index in [1.807, 2.05) is 30.3 Å². The van der Waals surface area contributed by atoms with Crippen LogP contribution in [0.15, 0.2) is 59.5 Å². The van der Waals surface area contributed by atoms with Crippen LogP contribution in [0.25, 0.3) is 0 Å². The van der Waals surface area contributed by atoms with Crippen molar-refractivity contribution in [2.75, 3.05) is 26.4 Å². The fourth-order valence-corrected chi connectivity index (χ4v) is 3.77. The smallest absolute Gasteiger partial charge is 0.251 e. The van der Waals surface area contributed by atoms with Crippen molar-refractivity contribution in [1.82, 2.24) is 5.32 Å². The molecule has 0 bridgehead atoms. The lowest BCUT2D eigenvalue weighted by Crippen LogP contribution is -2.25. The van der Waals surface area contributed by atoms with Gasteiger partial charge in [-0.15, -0.1) is 11.8 Å². The molecule has 0 aromatic heterocycles. The number of carbonyl (C=O) groups is 1. The summed E-state index contributed by atoms with van der Waals surface area (Å²) in [7, 11) is 0. The molecule has 1 heterocycles. The van der Waals surface area contributed by atoms with E-state index in [1.54, 1.807) is 11.8 Å². The van der Waals surface area contributed by atoms with E-state index in [-0.39, 0.29) is 12.0 Å². The summed E-state index contributed by atoms with van der Waals surface area (Å²) in [5.41, 5.74) is 1.99. The van der Waals surface area contributed by atoms with Gasteiger partial charge in [-0.2, -0.15) is 0 Å². The highest BCUT2D eigenvalue weighted by atomic mass is 32.2. The van der Waals surface area contributed by atoms with E-state index in [0.29, 0.717) is 25.3 Å². The fourth-order valence-electron chi connectivity index (χ4n) is 2.91. The maximum atomic E-state index is 12.2. The van der Waals surface area contributed by atoms with Gasteiger partial charge in [0, 0.05) is 36.0 Å². The maximum Gasteiger partial charge on any atom is 0.251 e. The summed E-state index contributed by atoms with van der Waals surface area (Å²) in [6.45, 7) is 2.79. The van der Waals surface area contributed by atoms with Crippen LogP contribution in [0.1, 0.15) is 35.2 Å². The van der Waals surface area contributed by atoms with Crippen molar-refractivity contribution in [1.29, 1.82) is 0 Å². The molecule has 2 aromatic carbocycles. The summed E-state index contributed by atoms with van der Waals surface area (Å²) < 4.78 is 11.1. The lowest BCUT2D eigenvalue weighted by molar-refractivity contribution is 0.0166. The summed E-state index contributed by atoms with van der Waals surface area (Å²) >= 11 is 1.77. The quantitative estimate of drug-likeness (QED) is 0.489. The summed E-state index contributed by atoms with van der Waals surface area (Å²) in [6, 6.07) is 18.2. The molecule has 0 saturated carbocycles. The Morgan fingerprint density at radius 1 is 1.15 bits per heavy atom. The lowest BCUT2D eigenvalue weighted by atomic mass is 10.2. The van der Waals surface area contributed by atoms with E-state index in [2.05, 4.69) is 29.6 Å². The predicted octanol–water partition coefficient (Wildman–Crippen LogP) is 4.29. The molecule has 1 atom stereocenters. The zero-order valence-corrected chi connectivity index (χ0v) is 16.4.